The third-order valence-electron chi connectivity index (χ3n) is 4.45. The molecule has 2 aromatic carbocycles. The van der Waals surface area contributed by atoms with Crippen LogP contribution in [0.25, 0.3) is 6.08 Å². The Morgan fingerprint density at radius 1 is 1.00 bits per heavy atom. The van der Waals surface area contributed by atoms with Gasteiger partial charge in [-0.05, 0) is 0 Å². The second-order valence-electron chi connectivity index (χ2n) is 6.07. The Balaban J connectivity index is 0.00000113. The minimum Gasteiger partial charge on any atom is -1.00 e. The van der Waals surface area contributed by atoms with Crippen molar-refractivity contribution in [3.8, 4) is 0 Å². The van der Waals surface area contributed by atoms with Gasteiger partial charge in [-0.15, -0.1) is 0 Å². The van der Waals surface area contributed by atoms with Crippen molar-refractivity contribution in [1.29, 1.82) is 0 Å². The Hall–Kier alpha value is -0.447. The van der Waals surface area contributed by atoms with Crippen LogP contribution in [0, 0.1) is 6.92 Å². The van der Waals surface area contributed by atoms with E-state index in [1.54, 1.807) is 14.2 Å². The standard InChI is InChI=1S/C16H14P.C5H5.2ClH.Zr/c1-12-6-2-5-9-16(12)17-15-10-13-7-3-4-8-14(13)11-15;1-2-4-5-3-1;;;/h2-11,17H,1H3;1-3H,4H2;2*1H;/q;;;;+2/p-2. The van der Waals surface area contributed by atoms with Crippen LogP contribution in [0.2, 0.25) is 0 Å². The zero-order valence-corrected chi connectivity index (χ0v) is 18.9. The van der Waals surface area contributed by atoms with Gasteiger partial charge in [0.1, 0.15) is 0 Å². The van der Waals surface area contributed by atoms with Crippen molar-refractivity contribution in [2.45, 2.75) is 17.0 Å². The molecule has 0 radical (unpaired) electrons. The number of halogens is 2. The predicted octanol–water partition coefficient (Wildman–Crippen LogP) is -0.671. The minimum atomic E-state index is -0.606. The minimum absolute atomic E-state index is 0. The van der Waals surface area contributed by atoms with Crippen LogP contribution in [0.15, 0.2) is 75.4 Å². The summed E-state index contributed by atoms with van der Waals surface area (Å²) in [5.74, 6) is 0. The molecule has 2 atom stereocenters. The van der Waals surface area contributed by atoms with Gasteiger partial charge in [-0.3, -0.25) is 0 Å². The van der Waals surface area contributed by atoms with Gasteiger partial charge in [0.05, 0.1) is 0 Å². The van der Waals surface area contributed by atoms with Crippen molar-refractivity contribution in [1.82, 2.24) is 0 Å². The zero-order chi connectivity index (χ0) is 15.6. The molecule has 0 spiro atoms. The van der Waals surface area contributed by atoms with E-state index in [1.165, 1.54) is 22.9 Å². The molecule has 4 rings (SSSR count). The maximum absolute atomic E-state index is 2.48. The van der Waals surface area contributed by atoms with Crippen molar-refractivity contribution >= 4 is 20.0 Å². The summed E-state index contributed by atoms with van der Waals surface area (Å²) in [6.45, 7) is 2.24. The third-order valence-corrected chi connectivity index (χ3v) is 10.8. The van der Waals surface area contributed by atoms with Crippen LogP contribution >= 0.6 is 8.58 Å². The average Bonchev–Trinajstić information content (AvgIpc) is 3.19. The number of hydrogen-bond acceptors (Lipinski definition) is 0. The van der Waals surface area contributed by atoms with Gasteiger partial charge in [-0.1, -0.05) is 0 Å². The molecule has 0 aromatic heterocycles. The molecule has 0 saturated carbocycles. The Labute approximate surface area is 176 Å². The van der Waals surface area contributed by atoms with Gasteiger partial charge in [0.15, 0.2) is 0 Å². The van der Waals surface area contributed by atoms with E-state index in [-0.39, 0.29) is 24.8 Å². The number of rotatable bonds is 4. The largest absolute Gasteiger partial charge is 1.00 e. The molecule has 0 aliphatic heterocycles. The first-order chi connectivity index (χ1) is 11.3. The van der Waals surface area contributed by atoms with E-state index in [9.17, 15) is 0 Å². The van der Waals surface area contributed by atoms with Crippen LogP contribution < -0.4 is 30.1 Å². The molecule has 0 bridgehead atoms. The van der Waals surface area contributed by atoms with Crippen molar-refractivity contribution in [2.75, 3.05) is 0 Å². The van der Waals surface area contributed by atoms with E-state index in [1.807, 2.05) is 0 Å². The van der Waals surface area contributed by atoms with E-state index in [2.05, 4.69) is 79.8 Å². The van der Waals surface area contributed by atoms with E-state index < -0.39 is 23.2 Å². The average molecular weight is 464 g/mol. The molecule has 0 saturated heterocycles. The van der Waals surface area contributed by atoms with Gasteiger partial charge in [0, 0.05) is 0 Å². The summed E-state index contributed by atoms with van der Waals surface area (Å²) < 4.78 is 2.45. The molecular formula is C21H19Cl2PZr. The summed E-state index contributed by atoms with van der Waals surface area (Å²) >= 11 is -0.606. The number of aryl methyl sites for hydroxylation is 1. The second kappa shape index (κ2) is 9.48. The SMILES string of the molecule is Cc1ccccc1PC1=Cc2ccccc2[CH]1[Zr+2][C]1=CC=CC1.[Cl-].[Cl-]. The van der Waals surface area contributed by atoms with E-state index in [0.29, 0.717) is 0 Å². The summed E-state index contributed by atoms with van der Waals surface area (Å²) in [6, 6.07) is 17.9. The normalized spacial score (nSPS) is 17.4. The maximum atomic E-state index is 2.48. The molecule has 4 heteroatoms. The number of hydrogen-bond donors (Lipinski definition) is 0. The molecule has 0 nitrogen and oxygen atoms in total. The molecule has 2 aliphatic rings. The Bertz CT molecular complexity index is 839. The molecule has 2 aliphatic carbocycles. The number of allylic oxidation sites excluding steroid dienone is 5. The third kappa shape index (κ3) is 4.64. The molecule has 0 fully saturated rings. The molecule has 25 heavy (non-hydrogen) atoms. The summed E-state index contributed by atoms with van der Waals surface area (Å²) in [6.07, 6.45) is 10.6. The summed E-state index contributed by atoms with van der Waals surface area (Å²) in [7, 11) is 0.812. The second-order valence-corrected chi connectivity index (χ2v) is 11.1. The molecule has 0 N–H and O–H groups in total. The fraction of sp³-hybridized carbons (Fsp3) is 0.143. The van der Waals surface area contributed by atoms with E-state index in [0.717, 1.165) is 12.2 Å². The van der Waals surface area contributed by atoms with Gasteiger partial charge in [-0.25, -0.2) is 0 Å². The van der Waals surface area contributed by atoms with Gasteiger partial charge in [-0.2, -0.15) is 0 Å². The van der Waals surface area contributed by atoms with Gasteiger partial charge in [0.25, 0.3) is 0 Å². The Morgan fingerprint density at radius 2 is 1.76 bits per heavy atom. The predicted molar refractivity (Wildman–Crippen MR) is 98.1 cm³/mol. The van der Waals surface area contributed by atoms with Gasteiger partial charge < -0.3 is 24.8 Å². The first-order valence-electron chi connectivity index (χ1n) is 8.07. The Kier molecular flexibility index (Phi) is 7.91. The first kappa shape index (κ1) is 20.9. The van der Waals surface area contributed by atoms with Crippen LogP contribution in [0.5, 0.6) is 0 Å². The van der Waals surface area contributed by atoms with Crippen molar-refractivity contribution in [3.05, 3.63) is 92.0 Å². The first-order valence-corrected chi connectivity index (χ1v) is 11.7. The van der Waals surface area contributed by atoms with Crippen LogP contribution in [-0.2, 0) is 23.2 Å². The van der Waals surface area contributed by atoms with Crippen LogP contribution in [0.1, 0.15) is 26.7 Å². The monoisotopic (exact) mass is 462 g/mol. The van der Waals surface area contributed by atoms with E-state index >= 15 is 0 Å². The van der Waals surface area contributed by atoms with Crippen molar-refractivity contribution in [2.24, 2.45) is 0 Å². The molecule has 2 unspecified atom stereocenters. The van der Waals surface area contributed by atoms with Crippen LogP contribution in [0.4, 0.5) is 0 Å². The van der Waals surface area contributed by atoms with Gasteiger partial charge >= 0.3 is 152 Å². The van der Waals surface area contributed by atoms with Gasteiger partial charge in [0.2, 0.25) is 0 Å². The molecular weight excluding hydrogens is 445 g/mol. The van der Waals surface area contributed by atoms with Crippen LogP contribution in [0.3, 0.4) is 0 Å². The topological polar surface area (TPSA) is 0 Å². The Morgan fingerprint density at radius 3 is 2.52 bits per heavy atom. The van der Waals surface area contributed by atoms with Crippen LogP contribution in [-0.4, -0.2) is 0 Å². The molecule has 2 aromatic rings. The summed E-state index contributed by atoms with van der Waals surface area (Å²) in [4.78, 5) is 0. The number of benzene rings is 2. The summed E-state index contributed by atoms with van der Waals surface area (Å²) in [5.41, 5.74) is 4.47. The summed E-state index contributed by atoms with van der Waals surface area (Å²) in [5, 5.41) is 3.18. The quantitative estimate of drug-likeness (QED) is 0.527. The zero-order valence-electron chi connectivity index (χ0n) is 14.0. The fourth-order valence-electron chi connectivity index (χ4n) is 3.20. The fourth-order valence-corrected chi connectivity index (χ4v) is 9.03. The van der Waals surface area contributed by atoms with E-state index in [4.69, 9.17) is 0 Å². The smallest absolute Gasteiger partial charge is 1.00 e. The van der Waals surface area contributed by atoms with Crippen molar-refractivity contribution in [3.63, 3.8) is 0 Å². The van der Waals surface area contributed by atoms with Crippen molar-refractivity contribution < 1.29 is 48.0 Å². The molecule has 0 heterocycles. The number of fused-ring (bicyclic) bond motifs is 1. The molecule has 0 amide bonds. The molecule has 126 valence electrons. The maximum Gasteiger partial charge on any atom is -1.00 e.